The van der Waals surface area contributed by atoms with E-state index in [4.69, 9.17) is 0 Å². The molecule has 1 unspecified atom stereocenters. The molecule has 0 aliphatic carbocycles. The second-order valence-corrected chi connectivity index (χ2v) is 7.39. The fourth-order valence-corrected chi connectivity index (χ4v) is 3.83. The van der Waals surface area contributed by atoms with E-state index >= 15 is 0 Å². The molecule has 3 aromatic rings. The van der Waals surface area contributed by atoms with Gasteiger partial charge in [0.25, 0.3) is 5.91 Å². The lowest BCUT2D eigenvalue weighted by Gasteiger charge is -2.20. The van der Waals surface area contributed by atoms with E-state index in [9.17, 15) is 4.79 Å². The molecule has 1 fully saturated rings. The Morgan fingerprint density at radius 3 is 2.85 bits per heavy atom. The van der Waals surface area contributed by atoms with E-state index < -0.39 is 0 Å². The first kappa shape index (κ1) is 17.6. The Labute approximate surface area is 159 Å². The van der Waals surface area contributed by atoms with Crippen LogP contribution in [0.2, 0.25) is 0 Å². The third-order valence-electron chi connectivity index (χ3n) is 5.36. The summed E-state index contributed by atoms with van der Waals surface area (Å²) in [6, 6.07) is 8.70. The summed E-state index contributed by atoms with van der Waals surface area (Å²) < 4.78 is 0. The molecular formula is C22H24N4O. The van der Waals surface area contributed by atoms with Crippen molar-refractivity contribution >= 4 is 16.7 Å². The summed E-state index contributed by atoms with van der Waals surface area (Å²) in [6.07, 6.45) is 11.3. The van der Waals surface area contributed by atoms with Crippen LogP contribution in [0, 0.1) is 12.8 Å². The normalized spacial score (nSPS) is 17.7. The van der Waals surface area contributed by atoms with Gasteiger partial charge in [-0.05, 0) is 55.5 Å². The number of benzene rings is 1. The van der Waals surface area contributed by atoms with Crippen molar-refractivity contribution in [2.24, 2.45) is 5.92 Å². The number of amides is 1. The van der Waals surface area contributed by atoms with Crippen LogP contribution < -0.4 is 0 Å². The molecule has 138 valence electrons. The molecule has 1 aromatic carbocycles. The highest BCUT2D eigenvalue weighted by molar-refractivity contribution is 5.92. The van der Waals surface area contributed by atoms with Crippen molar-refractivity contribution in [1.82, 2.24) is 19.9 Å². The van der Waals surface area contributed by atoms with Crippen molar-refractivity contribution in [2.45, 2.75) is 32.6 Å². The second kappa shape index (κ2) is 7.82. The minimum atomic E-state index is 0.00125. The van der Waals surface area contributed by atoms with Gasteiger partial charge in [-0.15, -0.1) is 0 Å². The molecule has 0 saturated carbocycles. The van der Waals surface area contributed by atoms with Gasteiger partial charge in [-0.1, -0.05) is 18.2 Å². The Hall–Kier alpha value is -2.82. The van der Waals surface area contributed by atoms with Gasteiger partial charge >= 0.3 is 0 Å². The average Bonchev–Trinajstić information content (AvgIpc) is 2.93. The number of hydrogen-bond acceptors (Lipinski definition) is 4. The Morgan fingerprint density at radius 1 is 1.07 bits per heavy atom. The summed E-state index contributed by atoms with van der Waals surface area (Å²) >= 11 is 0. The summed E-state index contributed by atoms with van der Waals surface area (Å²) in [4.78, 5) is 27.2. The molecule has 27 heavy (non-hydrogen) atoms. The van der Waals surface area contributed by atoms with E-state index in [0.717, 1.165) is 44.5 Å². The van der Waals surface area contributed by atoms with E-state index in [2.05, 4.69) is 39.2 Å². The quantitative estimate of drug-likeness (QED) is 0.712. The maximum Gasteiger partial charge on any atom is 0.274 e. The van der Waals surface area contributed by atoms with Crippen molar-refractivity contribution in [2.75, 3.05) is 13.1 Å². The molecule has 2 aromatic heterocycles. The lowest BCUT2D eigenvalue weighted by Crippen LogP contribution is -2.32. The van der Waals surface area contributed by atoms with E-state index in [1.807, 2.05) is 24.2 Å². The lowest BCUT2D eigenvalue weighted by molar-refractivity contribution is 0.0753. The molecule has 1 aliphatic heterocycles. The summed E-state index contributed by atoms with van der Waals surface area (Å²) in [6.45, 7) is 3.46. The first-order valence-electron chi connectivity index (χ1n) is 9.59. The Morgan fingerprint density at radius 2 is 2.00 bits per heavy atom. The molecule has 0 bridgehead atoms. The highest BCUT2D eigenvalue weighted by Crippen LogP contribution is 2.24. The van der Waals surface area contributed by atoms with Crippen molar-refractivity contribution in [3.8, 4) is 0 Å². The SMILES string of the molecule is Cc1cnc(C(=O)N2CCCC(Cc3ccc4cnccc4c3)CC2)cn1. The summed E-state index contributed by atoms with van der Waals surface area (Å²) in [5.41, 5.74) is 2.64. The molecule has 1 atom stereocenters. The van der Waals surface area contributed by atoms with E-state index in [1.54, 1.807) is 12.4 Å². The monoisotopic (exact) mass is 360 g/mol. The van der Waals surface area contributed by atoms with Gasteiger partial charge < -0.3 is 4.90 Å². The number of rotatable bonds is 3. The zero-order valence-corrected chi connectivity index (χ0v) is 15.6. The smallest absolute Gasteiger partial charge is 0.274 e. The van der Waals surface area contributed by atoms with Crippen LogP contribution in [0.15, 0.2) is 49.1 Å². The van der Waals surface area contributed by atoms with Crippen LogP contribution in [0.5, 0.6) is 0 Å². The third-order valence-corrected chi connectivity index (χ3v) is 5.36. The second-order valence-electron chi connectivity index (χ2n) is 7.39. The number of pyridine rings is 1. The number of aryl methyl sites for hydroxylation is 1. The topological polar surface area (TPSA) is 59.0 Å². The zero-order valence-electron chi connectivity index (χ0n) is 15.6. The maximum atomic E-state index is 12.7. The molecule has 5 heteroatoms. The van der Waals surface area contributed by atoms with Crippen molar-refractivity contribution in [1.29, 1.82) is 0 Å². The van der Waals surface area contributed by atoms with Crippen LogP contribution in [-0.2, 0) is 6.42 Å². The molecule has 5 nitrogen and oxygen atoms in total. The molecule has 1 saturated heterocycles. The average molecular weight is 360 g/mol. The van der Waals surface area contributed by atoms with Crippen molar-refractivity contribution < 1.29 is 4.79 Å². The third kappa shape index (κ3) is 4.13. The number of carbonyl (C=O) groups is 1. The standard InChI is InChI=1S/C22H24N4O/c1-16-13-25-21(15-24-16)22(27)26-9-2-3-17(7-10-26)11-18-4-5-20-14-23-8-6-19(20)12-18/h4-6,8,12-15,17H,2-3,7,9-11H2,1H3. The number of carbonyl (C=O) groups excluding carboxylic acids is 1. The van der Waals surface area contributed by atoms with E-state index in [1.165, 1.54) is 16.3 Å². The minimum Gasteiger partial charge on any atom is -0.337 e. The number of nitrogens with zero attached hydrogens (tertiary/aromatic N) is 4. The summed E-state index contributed by atoms with van der Waals surface area (Å²) in [5, 5.41) is 2.42. The molecule has 1 amide bonds. The maximum absolute atomic E-state index is 12.7. The Balaban J connectivity index is 1.40. The Bertz CT molecular complexity index is 938. The molecule has 0 spiro atoms. The van der Waals surface area contributed by atoms with Gasteiger partial charge in [0, 0.05) is 37.1 Å². The number of hydrogen-bond donors (Lipinski definition) is 0. The Kier molecular flexibility index (Phi) is 5.10. The van der Waals surface area contributed by atoms with Crippen molar-refractivity contribution in [3.05, 3.63) is 66.0 Å². The number of aromatic nitrogens is 3. The van der Waals surface area contributed by atoms with Crippen LogP contribution >= 0.6 is 0 Å². The van der Waals surface area contributed by atoms with Gasteiger partial charge in [-0.25, -0.2) is 4.98 Å². The van der Waals surface area contributed by atoms with Gasteiger partial charge in [0.05, 0.1) is 11.9 Å². The molecule has 3 heterocycles. The van der Waals surface area contributed by atoms with Gasteiger partial charge in [-0.3, -0.25) is 14.8 Å². The largest absolute Gasteiger partial charge is 0.337 e. The van der Waals surface area contributed by atoms with Gasteiger partial charge in [-0.2, -0.15) is 0 Å². The predicted molar refractivity (Wildman–Crippen MR) is 105 cm³/mol. The van der Waals surface area contributed by atoms with Gasteiger partial charge in [0.1, 0.15) is 5.69 Å². The van der Waals surface area contributed by atoms with Crippen LogP contribution in [-0.4, -0.2) is 38.8 Å². The van der Waals surface area contributed by atoms with Crippen molar-refractivity contribution in [3.63, 3.8) is 0 Å². The van der Waals surface area contributed by atoms with Crippen LogP contribution in [0.25, 0.3) is 10.8 Å². The van der Waals surface area contributed by atoms with E-state index in [0.29, 0.717) is 11.6 Å². The number of fused-ring (bicyclic) bond motifs is 1. The number of likely N-dealkylation sites (tertiary alicyclic amines) is 1. The minimum absolute atomic E-state index is 0.00125. The molecule has 0 radical (unpaired) electrons. The molecule has 1 aliphatic rings. The van der Waals surface area contributed by atoms with Gasteiger partial charge in [0.15, 0.2) is 0 Å². The molecule has 4 rings (SSSR count). The highest BCUT2D eigenvalue weighted by atomic mass is 16.2. The summed E-state index contributed by atoms with van der Waals surface area (Å²) in [7, 11) is 0. The lowest BCUT2D eigenvalue weighted by atomic mass is 9.92. The van der Waals surface area contributed by atoms with Crippen LogP contribution in [0.1, 0.15) is 41.0 Å². The van der Waals surface area contributed by atoms with Crippen LogP contribution in [0.4, 0.5) is 0 Å². The first-order valence-corrected chi connectivity index (χ1v) is 9.59. The van der Waals surface area contributed by atoms with Crippen LogP contribution in [0.3, 0.4) is 0 Å². The fraction of sp³-hybridized carbons (Fsp3) is 0.364. The zero-order chi connectivity index (χ0) is 18.6. The first-order chi connectivity index (χ1) is 13.2. The van der Waals surface area contributed by atoms with E-state index in [-0.39, 0.29) is 5.91 Å². The fourth-order valence-electron chi connectivity index (χ4n) is 3.83. The molecular weight excluding hydrogens is 336 g/mol. The highest BCUT2D eigenvalue weighted by Gasteiger charge is 2.22. The molecule has 0 N–H and O–H groups in total. The predicted octanol–water partition coefficient (Wildman–Crippen LogP) is 3.82. The summed E-state index contributed by atoms with van der Waals surface area (Å²) in [5.74, 6) is 0.604. The van der Waals surface area contributed by atoms with Gasteiger partial charge in [0.2, 0.25) is 0 Å².